The highest BCUT2D eigenvalue weighted by Crippen LogP contribution is 2.34. The number of piperazine rings is 1. The average Bonchev–Trinajstić information content (AvgIpc) is 2.91. The minimum absolute atomic E-state index is 0.00958. The van der Waals surface area contributed by atoms with E-state index in [-0.39, 0.29) is 44.9 Å². The Morgan fingerprint density at radius 1 is 1.05 bits per heavy atom. The number of sulfonamides is 1. The number of benzene rings is 1. The van der Waals surface area contributed by atoms with Crippen molar-refractivity contribution in [2.45, 2.75) is 49.3 Å². The SMILES string of the molecule is O=C(NOC1CCCCO1)C1(S(=O)(=O)N2CCN(c3ccc(OCC(F)(F)F)cc3)CC2)CCOCC1. The predicted octanol–water partition coefficient (Wildman–Crippen LogP) is 2.20. The number of rotatable bonds is 8. The Bertz CT molecular complexity index is 1000. The lowest BCUT2D eigenvalue weighted by Gasteiger charge is -2.42. The Hall–Kier alpha value is -2.13. The van der Waals surface area contributed by atoms with Crippen LogP contribution in [0.2, 0.25) is 0 Å². The third-order valence-electron chi connectivity index (χ3n) is 6.81. The fourth-order valence-electron chi connectivity index (χ4n) is 4.67. The van der Waals surface area contributed by atoms with Gasteiger partial charge in [-0.05, 0) is 37.1 Å². The van der Waals surface area contributed by atoms with E-state index in [9.17, 15) is 26.4 Å². The smallest absolute Gasteiger partial charge is 0.422 e. The first-order chi connectivity index (χ1) is 17.6. The van der Waals surface area contributed by atoms with E-state index in [4.69, 9.17) is 19.0 Å². The molecule has 0 aromatic heterocycles. The number of hydrogen-bond donors (Lipinski definition) is 1. The third kappa shape index (κ3) is 6.66. The molecule has 1 aromatic carbocycles. The van der Waals surface area contributed by atoms with Crippen LogP contribution in [0.4, 0.5) is 18.9 Å². The minimum Gasteiger partial charge on any atom is -0.484 e. The molecular formula is C23H32F3N3O7S. The van der Waals surface area contributed by atoms with Gasteiger partial charge in [0.25, 0.3) is 5.91 Å². The molecule has 10 nitrogen and oxygen atoms in total. The van der Waals surface area contributed by atoms with Gasteiger partial charge in [-0.25, -0.2) is 18.7 Å². The second-order valence-electron chi connectivity index (χ2n) is 9.24. The van der Waals surface area contributed by atoms with Crippen LogP contribution in [0.25, 0.3) is 0 Å². The molecule has 1 aromatic rings. The van der Waals surface area contributed by atoms with Crippen molar-refractivity contribution in [1.82, 2.24) is 9.79 Å². The Morgan fingerprint density at radius 2 is 1.73 bits per heavy atom. The Morgan fingerprint density at radius 3 is 2.32 bits per heavy atom. The summed E-state index contributed by atoms with van der Waals surface area (Å²) in [6, 6.07) is 6.16. The molecule has 3 aliphatic rings. The summed E-state index contributed by atoms with van der Waals surface area (Å²) in [7, 11) is -4.07. The van der Waals surface area contributed by atoms with Crippen LogP contribution in [0.5, 0.6) is 5.75 Å². The lowest BCUT2D eigenvalue weighted by Crippen LogP contribution is -2.62. The first-order valence-corrected chi connectivity index (χ1v) is 13.7. The monoisotopic (exact) mass is 551 g/mol. The van der Waals surface area contributed by atoms with Crippen LogP contribution in [-0.2, 0) is 29.1 Å². The number of alkyl halides is 3. The zero-order valence-electron chi connectivity index (χ0n) is 20.4. The molecule has 1 N–H and O–H groups in total. The largest absolute Gasteiger partial charge is 0.484 e. The van der Waals surface area contributed by atoms with Gasteiger partial charge in [-0.1, -0.05) is 0 Å². The number of nitrogens with one attached hydrogen (secondary N) is 1. The van der Waals surface area contributed by atoms with Crippen molar-refractivity contribution in [2.24, 2.45) is 0 Å². The summed E-state index contributed by atoms with van der Waals surface area (Å²) in [5.74, 6) is -0.627. The molecule has 0 spiro atoms. The summed E-state index contributed by atoms with van der Waals surface area (Å²) in [5.41, 5.74) is 3.08. The molecule has 4 rings (SSSR count). The third-order valence-corrected chi connectivity index (χ3v) is 9.44. The summed E-state index contributed by atoms with van der Waals surface area (Å²) in [4.78, 5) is 20.6. The standard InChI is InChI=1S/C23H32F3N3O7S/c24-23(25,26)17-35-19-6-4-18(5-7-19)28-10-12-29(13-11-28)37(31,32)22(8-15-33-16-9-22)21(30)27-36-20-3-1-2-14-34-20/h4-7,20H,1-3,8-17H2,(H,27,30). The van der Waals surface area contributed by atoms with Crippen molar-refractivity contribution in [1.29, 1.82) is 0 Å². The molecule has 208 valence electrons. The lowest BCUT2D eigenvalue weighted by molar-refractivity contribution is -0.202. The van der Waals surface area contributed by atoms with Crippen molar-refractivity contribution in [3.63, 3.8) is 0 Å². The predicted molar refractivity (Wildman–Crippen MR) is 126 cm³/mol. The Balaban J connectivity index is 1.38. The van der Waals surface area contributed by atoms with Crippen molar-refractivity contribution in [3.05, 3.63) is 24.3 Å². The van der Waals surface area contributed by atoms with Crippen LogP contribution >= 0.6 is 0 Å². The summed E-state index contributed by atoms with van der Waals surface area (Å²) in [5, 5.41) is 0. The molecule has 0 saturated carbocycles. The zero-order chi connectivity index (χ0) is 26.5. The number of anilines is 1. The van der Waals surface area contributed by atoms with Gasteiger partial charge in [-0.15, -0.1) is 0 Å². The van der Waals surface area contributed by atoms with Crippen LogP contribution in [0.3, 0.4) is 0 Å². The molecule has 1 atom stereocenters. The van der Waals surface area contributed by atoms with Gasteiger partial charge in [0.05, 0.1) is 0 Å². The van der Waals surface area contributed by atoms with Gasteiger partial charge in [0, 0.05) is 70.9 Å². The number of halogens is 3. The quantitative estimate of drug-likeness (QED) is 0.491. The van der Waals surface area contributed by atoms with Crippen LogP contribution in [-0.4, -0.2) is 88.5 Å². The molecule has 3 saturated heterocycles. The van der Waals surface area contributed by atoms with Gasteiger partial charge in [0.15, 0.2) is 17.6 Å². The molecule has 3 fully saturated rings. The van der Waals surface area contributed by atoms with E-state index in [1.54, 1.807) is 12.1 Å². The highest BCUT2D eigenvalue weighted by Gasteiger charge is 2.54. The average molecular weight is 552 g/mol. The molecular weight excluding hydrogens is 519 g/mol. The maximum Gasteiger partial charge on any atom is 0.422 e. The van der Waals surface area contributed by atoms with Crippen LogP contribution in [0.15, 0.2) is 24.3 Å². The number of hydrogen-bond acceptors (Lipinski definition) is 8. The number of nitrogens with zero attached hydrogens (tertiary/aromatic N) is 2. The van der Waals surface area contributed by atoms with Gasteiger partial charge in [-0.2, -0.15) is 17.5 Å². The normalized spacial score (nSPS) is 23.4. The molecule has 14 heteroatoms. The van der Waals surface area contributed by atoms with Crippen LogP contribution in [0, 0.1) is 0 Å². The van der Waals surface area contributed by atoms with Gasteiger partial charge in [0.1, 0.15) is 5.75 Å². The van der Waals surface area contributed by atoms with Gasteiger partial charge in [0.2, 0.25) is 10.0 Å². The summed E-state index contributed by atoms with van der Waals surface area (Å²) < 4.78 is 79.8. The van der Waals surface area contributed by atoms with Gasteiger partial charge >= 0.3 is 6.18 Å². The highest BCUT2D eigenvalue weighted by molar-refractivity contribution is 7.91. The number of carbonyl (C=O) groups excluding carboxylic acids is 1. The number of ether oxygens (including phenoxy) is 3. The summed E-state index contributed by atoms with van der Waals surface area (Å²) >= 11 is 0. The second kappa shape index (κ2) is 11.7. The number of hydroxylamine groups is 1. The summed E-state index contributed by atoms with van der Waals surface area (Å²) in [6.07, 6.45) is -2.59. The molecule has 3 aliphatic heterocycles. The van der Waals surface area contributed by atoms with E-state index >= 15 is 0 Å². The zero-order valence-corrected chi connectivity index (χ0v) is 21.2. The van der Waals surface area contributed by atoms with E-state index in [2.05, 4.69) is 5.48 Å². The molecule has 1 amide bonds. The fourth-order valence-corrected chi connectivity index (χ4v) is 6.77. The molecule has 0 bridgehead atoms. The fraction of sp³-hybridized carbons (Fsp3) is 0.696. The molecule has 3 heterocycles. The van der Waals surface area contributed by atoms with Crippen molar-refractivity contribution < 1.29 is 45.4 Å². The number of amides is 1. The Kier molecular flexibility index (Phi) is 8.84. The minimum atomic E-state index is -4.42. The van der Waals surface area contributed by atoms with E-state index in [1.807, 2.05) is 4.90 Å². The maximum atomic E-state index is 13.8. The van der Waals surface area contributed by atoms with Crippen molar-refractivity contribution >= 4 is 21.6 Å². The van der Waals surface area contributed by atoms with E-state index in [0.717, 1.165) is 18.5 Å². The Labute approximate surface area is 214 Å². The van der Waals surface area contributed by atoms with E-state index in [0.29, 0.717) is 26.1 Å². The second-order valence-corrected chi connectivity index (χ2v) is 11.5. The van der Waals surface area contributed by atoms with Crippen molar-refractivity contribution in [3.8, 4) is 5.75 Å². The first-order valence-electron chi connectivity index (χ1n) is 12.3. The van der Waals surface area contributed by atoms with Gasteiger partial charge in [-0.3, -0.25) is 4.79 Å². The number of carbonyl (C=O) groups is 1. The van der Waals surface area contributed by atoms with E-state index in [1.165, 1.54) is 16.4 Å². The molecule has 37 heavy (non-hydrogen) atoms. The van der Waals surface area contributed by atoms with Crippen LogP contribution < -0.4 is 15.1 Å². The first kappa shape index (κ1) is 27.9. The topological polar surface area (TPSA) is 107 Å². The summed E-state index contributed by atoms with van der Waals surface area (Å²) in [6.45, 7) is 0.414. The highest BCUT2D eigenvalue weighted by atomic mass is 32.2. The van der Waals surface area contributed by atoms with Gasteiger partial charge < -0.3 is 19.1 Å². The van der Waals surface area contributed by atoms with Crippen LogP contribution in [0.1, 0.15) is 32.1 Å². The van der Waals surface area contributed by atoms with E-state index < -0.39 is 39.8 Å². The maximum absolute atomic E-state index is 13.8. The lowest BCUT2D eigenvalue weighted by atomic mass is 9.98. The molecule has 1 unspecified atom stereocenters. The molecule has 0 radical (unpaired) electrons. The molecule has 0 aliphatic carbocycles. The van der Waals surface area contributed by atoms with Crippen molar-refractivity contribution in [2.75, 3.05) is 57.5 Å².